The minimum absolute atomic E-state index is 0.147. The molecule has 0 heterocycles. The molecule has 0 bridgehead atoms. The summed E-state index contributed by atoms with van der Waals surface area (Å²) in [6.45, 7) is 0. The minimum atomic E-state index is -0.272. The Balaban J connectivity index is 1.94. The molecule has 25 heavy (non-hydrogen) atoms. The maximum Gasteiger partial charge on any atom is 0.255 e. The molecule has 3 aromatic carbocycles. The first-order valence-electron chi connectivity index (χ1n) is 7.51. The van der Waals surface area contributed by atoms with Gasteiger partial charge in [-0.25, -0.2) is 0 Å². The number of rotatable bonds is 4. The molecule has 0 radical (unpaired) electrons. The fourth-order valence-electron chi connectivity index (χ4n) is 2.38. The maximum atomic E-state index is 12.8. The molecular formula is C20H13Br2NO2. The zero-order chi connectivity index (χ0) is 17.8. The van der Waals surface area contributed by atoms with E-state index < -0.39 is 0 Å². The lowest BCUT2D eigenvalue weighted by atomic mass is 10.0. The van der Waals surface area contributed by atoms with E-state index >= 15 is 0 Å². The van der Waals surface area contributed by atoms with Crippen molar-refractivity contribution in [1.29, 1.82) is 0 Å². The van der Waals surface area contributed by atoms with Gasteiger partial charge in [-0.05, 0) is 36.4 Å². The second kappa shape index (κ2) is 7.76. The van der Waals surface area contributed by atoms with Gasteiger partial charge < -0.3 is 5.32 Å². The van der Waals surface area contributed by atoms with Gasteiger partial charge >= 0.3 is 0 Å². The van der Waals surface area contributed by atoms with E-state index in [2.05, 4.69) is 37.2 Å². The van der Waals surface area contributed by atoms with Gasteiger partial charge in [0.05, 0.1) is 5.69 Å². The average Bonchev–Trinajstić information content (AvgIpc) is 2.63. The van der Waals surface area contributed by atoms with Crippen LogP contribution in [0.5, 0.6) is 0 Å². The Morgan fingerprint density at radius 1 is 0.720 bits per heavy atom. The molecule has 3 nitrogen and oxygen atoms in total. The second-order valence-electron chi connectivity index (χ2n) is 5.35. The molecule has 124 valence electrons. The van der Waals surface area contributed by atoms with Crippen LogP contribution in [-0.2, 0) is 0 Å². The predicted octanol–water partition coefficient (Wildman–Crippen LogP) is 5.69. The van der Waals surface area contributed by atoms with Gasteiger partial charge in [-0.2, -0.15) is 0 Å². The first kappa shape index (κ1) is 17.6. The summed E-state index contributed by atoms with van der Waals surface area (Å²) < 4.78 is 1.59. The van der Waals surface area contributed by atoms with Gasteiger partial charge in [-0.3, -0.25) is 9.59 Å². The number of amides is 1. The standard InChI is InChI=1S/C20H13Br2NO2/c21-15-8-4-7-14(11-15)20(25)23-18-10-9-16(22)12-17(18)19(24)13-5-2-1-3-6-13/h1-12H,(H,23,25). The summed E-state index contributed by atoms with van der Waals surface area (Å²) in [4.78, 5) is 25.3. The molecule has 0 aromatic heterocycles. The van der Waals surface area contributed by atoms with Crippen LogP contribution >= 0.6 is 31.9 Å². The van der Waals surface area contributed by atoms with Crippen LogP contribution in [0, 0.1) is 0 Å². The van der Waals surface area contributed by atoms with E-state index in [0.29, 0.717) is 22.4 Å². The van der Waals surface area contributed by atoms with E-state index in [1.54, 1.807) is 48.5 Å². The topological polar surface area (TPSA) is 46.2 Å². The van der Waals surface area contributed by atoms with Crippen molar-refractivity contribution in [2.75, 3.05) is 5.32 Å². The van der Waals surface area contributed by atoms with E-state index in [1.807, 2.05) is 24.3 Å². The molecule has 1 amide bonds. The number of hydrogen-bond acceptors (Lipinski definition) is 2. The number of hydrogen-bond donors (Lipinski definition) is 1. The molecule has 0 unspecified atom stereocenters. The molecule has 0 saturated carbocycles. The predicted molar refractivity (Wildman–Crippen MR) is 106 cm³/mol. The molecule has 0 fully saturated rings. The minimum Gasteiger partial charge on any atom is -0.321 e. The van der Waals surface area contributed by atoms with Crippen LogP contribution in [0.25, 0.3) is 0 Å². The fourth-order valence-corrected chi connectivity index (χ4v) is 3.14. The Labute approximate surface area is 162 Å². The Morgan fingerprint density at radius 2 is 1.40 bits per heavy atom. The monoisotopic (exact) mass is 457 g/mol. The van der Waals surface area contributed by atoms with Crippen molar-refractivity contribution in [3.05, 3.63) is 98.4 Å². The molecule has 3 rings (SSSR count). The zero-order valence-corrected chi connectivity index (χ0v) is 16.2. The number of halogens is 2. The Hall–Kier alpha value is -2.24. The van der Waals surface area contributed by atoms with Crippen LogP contribution < -0.4 is 5.32 Å². The summed E-state index contributed by atoms with van der Waals surface area (Å²) in [7, 11) is 0. The quantitative estimate of drug-likeness (QED) is 0.510. The summed E-state index contributed by atoms with van der Waals surface area (Å²) in [5.41, 5.74) is 1.99. The lowest BCUT2D eigenvalue weighted by Gasteiger charge is -2.11. The van der Waals surface area contributed by atoms with Gasteiger partial charge in [-0.1, -0.05) is 68.3 Å². The molecule has 0 spiro atoms. The molecule has 5 heteroatoms. The van der Waals surface area contributed by atoms with Crippen molar-refractivity contribution >= 4 is 49.2 Å². The van der Waals surface area contributed by atoms with Gasteiger partial charge in [0.2, 0.25) is 0 Å². The number of anilines is 1. The molecule has 0 aliphatic rings. The second-order valence-corrected chi connectivity index (χ2v) is 7.18. The molecule has 0 aliphatic carbocycles. The fraction of sp³-hybridized carbons (Fsp3) is 0. The van der Waals surface area contributed by atoms with E-state index in [0.717, 1.165) is 8.95 Å². The number of ketones is 1. The van der Waals surface area contributed by atoms with E-state index in [9.17, 15) is 9.59 Å². The van der Waals surface area contributed by atoms with Crippen LogP contribution in [0.2, 0.25) is 0 Å². The van der Waals surface area contributed by atoms with Crippen molar-refractivity contribution < 1.29 is 9.59 Å². The Morgan fingerprint density at radius 3 is 2.12 bits per heavy atom. The van der Waals surface area contributed by atoms with Crippen LogP contribution in [0.3, 0.4) is 0 Å². The van der Waals surface area contributed by atoms with Crippen molar-refractivity contribution in [3.8, 4) is 0 Å². The van der Waals surface area contributed by atoms with Crippen molar-refractivity contribution in [1.82, 2.24) is 0 Å². The molecule has 0 saturated heterocycles. The first-order valence-corrected chi connectivity index (χ1v) is 9.09. The van der Waals surface area contributed by atoms with Crippen LogP contribution in [0.15, 0.2) is 81.7 Å². The van der Waals surface area contributed by atoms with Gasteiger partial charge in [0.25, 0.3) is 5.91 Å². The summed E-state index contributed by atoms with van der Waals surface area (Å²) in [5.74, 6) is -0.419. The third-order valence-electron chi connectivity index (χ3n) is 3.60. The Kier molecular flexibility index (Phi) is 5.46. The summed E-state index contributed by atoms with van der Waals surface area (Å²) in [6.07, 6.45) is 0. The van der Waals surface area contributed by atoms with Gasteiger partial charge in [0.1, 0.15) is 0 Å². The van der Waals surface area contributed by atoms with E-state index in [4.69, 9.17) is 0 Å². The van der Waals surface area contributed by atoms with Crippen LogP contribution in [-0.4, -0.2) is 11.7 Å². The number of nitrogens with one attached hydrogen (secondary N) is 1. The normalized spacial score (nSPS) is 10.3. The number of carbonyl (C=O) groups is 2. The zero-order valence-electron chi connectivity index (χ0n) is 13.0. The highest BCUT2D eigenvalue weighted by Crippen LogP contribution is 2.25. The van der Waals surface area contributed by atoms with E-state index in [-0.39, 0.29) is 11.7 Å². The average molecular weight is 459 g/mol. The van der Waals surface area contributed by atoms with E-state index in [1.165, 1.54) is 0 Å². The lowest BCUT2D eigenvalue weighted by Crippen LogP contribution is -2.15. The summed E-state index contributed by atoms with van der Waals surface area (Å²) in [6, 6.07) is 21.3. The van der Waals surface area contributed by atoms with Crippen molar-refractivity contribution in [3.63, 3.8) is 0 Å². The Bertz CT molecular complexity index is 939. The maximum absolute atomic E-state index is 12.8. The SMILES string of the molecule is O=C(Nc1ccc(Br)cc1C(=O)c1ccccc1)c1cccc(Br)c1. The smallest absolute Gasteiger partial charge is 0.255 e. The molecule has 3 aromatic rings. The largest absolute Gasteiger partial charge is 0.321 e. The lowest BCUT2D eigenvalue weighted by molar-refractivity contribution is 0.102. The highest BCUT2D eigenvalue weighted by atomic mass is 79.9. The van der Waals surface area contributed by atoms with Crippen molar-refractivity contribution in [2.45, 2.75) is 0 Å². The molecule has 1 N–H and O–H groups in total. The summed E-state index contributed by atoms with van der Waals surface area (Å²) >= 11 is 6.74. The highest BCUT2D eigenvalue weighted by Gasteiger charge is 2.16. The first-order chi connectivity index (χ1) is 12.0. The van der Waals surface area contributed by atoms with Crippen LogP contribution in [0.1, 0.15) is 26.3 Å². The molecular weight excluding hydrogens is 446 g/mol. The highest BCUT2D eigenvalue weighted by molar-refractivity contribution is 9.10. The number of benzene rings is 3. The van der Waals surface area contributed by atoms with Crippen LogP contribution in [0.4, 0.5) is 5.69 Å². The molecule has 0 atom stereocenters. The third kappa shape index (κ3) is 4.24. The van der Waals surface area contributed by atoms with Crippen molar-refractivity contribution in [2.24, 2.45) is 0 Å². The van der Waals surface area contributed by atoms with Gasteiger partial charge in [-0.15, -0.1) is 0 Å². The van der Waals surface area contributed by atoms with Gasteiger partial charge in [0.15, 0.2) is 5.78 Å². The molecule has 0 aliphatic heterocycles. The number of carbonyl (C=O) groups excluding carboxylic acids is 2. The summed E-state index contributed by atoms with van der Waals surface area (Å²) in [5, 5.41) is 2.83. The van der Waals surface area contributed by atoms with Gasteiger partial charge in [0, 0.05) is 25.6 Å². The third-order valence-corrected chi connectivity index (χ3v) is 4.58.